The van der Waals surface area contributed by atoms with Gasteiger partial charge in [-0.05, 0) is 56.7 Å². The highest BCUT2D eigenvalue weighted by Crippen LogP contribution is 2.31. The van der Waals surface area contributed by atoms with Gasteiger partial charge in [-0.1, -0.05) is 30.3 Å². The van der Waals surface area contributed by atoms with Crippen LogP contribution in [0, 0.1) is 12.3 Å². The van der Waals surface area contributed by atoms with Crippen LogP contribution in [0.2, 0.25) is 0 Å². The molecular weight excluding hydrogens is 382 g/mol. The summed E-state index contributed by atoms with van der Waals surface area (Å²) in [4.78, 5) is 39.4. The predicted molar refractivity (Wildman–Crippen MR) is 113 cm³/mol. The Morgan fingerprint density at radius 2 is 1.93 bits per heavy atom. The fraction of sp³-hybridized carbons (Fsp3) is 0.458. The molecule has 160 valence electrons. The molecule has 1 saturated heterocycles. The number of hydrogen-bond donors (Lipinski definition) is 0. The zero-order chi connectivity index (χ0) is 21.7. The van der Waals surface area contributed by atoms with E-state index in [1.54, 1.807) is 24.8 Å². The molecule has 0 bridgehead atoms. The first-order valence-electron chi connectivity index (χ1n) is 10.4. The van der Waals surface area contributed by atoms with Gasteiger partial charge in [0, 0.05) is 19.5 Å². The van der Waals surface area contributed by atoms with Gasteiger partial charge in [0.05, 0.1) is 12.5 Å². The summed E-state index contributed by atoms with van der Waals surface area (Å²) in [5.74, 6) is -0.132. The quantitative estimate of drug-likeness (QED) is 0.680. The van der Waals surface area contributed by atoms with E-state index >= 15 is 0 Å². The minimum Gasteiger partial charge on any atom is -0.469 e. The Balaban J connectivity index is 1.71. The Kier molecular flexibility index (Phi) is 6.75. The van der Waals surface area contributed by atoms with Crippen LogP contribution in [0.5, 0.6) is 0 Å². The molecule has 6 nitrogen and oxygen atoms in total. The minimum atomic E-state index is -0.756. The Labute approximate surface area is 176 Å². The summed E-state index contributed by atoms with van der Waals surface area (Å²) < 4.78 is 10.4. The summed E-state index contributed by atoms with van der Waals surface area (Å²) in [7, 11) is 1.35. The van der Waals surface area contributed by atoms with Gasteiger partial charge < -0.3 is 14.1 Å². The molecule has 0 aliphatic carbocycles. The standard InChI is InChI=1S/C24H29NO5/c1-17-15-19(12-7-11-18-9-5-4-6-10-18)30-22(27)20(17)21(26)25-14-8-13-24(2,16-25)23(28)29-3/h4-6,9-10,15H,7-8,11-14,16H2,1-3H3. The van der Waals surface area contributed by atoms with Crippen molar-refractivity contribution < 1.29 is 18.7 Å². The molecule has 0 radical (unpaired) electrons. The molecule has 1 atom stereocenters. The highest BCUT2D eigenvalue weighted by atomic mass is 16.5. The zero-order valence-corrected chi connectivity index (χ0v) is 17.9. The number of amides is 1. The molecule has 0 saturated carbocycles. The van der Waals surface area contributed by atoms with Gasteiger partial charge in [-0.3, -0.25) is 9.59 Å². The summed E-state index contributed by atoms with van der Waals surface area (Å²) >= 11 is 0. The number of carbonyl (C=O) groups is 2. The van der Waals surface area contributed by atoms with Crippen molar-refractivity contribution >= 4 is 11.9 Å². The number of piperidine rings is 1. The number of rotatable bonds is 6. The van der Waals surface area contributed by atoms with E-state index in [9.17, 15) is 14.4 Å². The van der Waals surface area contributed by atoms with E-state index in [0.717, 1.165) is 12.8 Å². The van der Waals surface area contributed by atoms with Crippen molar-refractivity contribution in [2.75, 3.05) is 20.2 Å². The van der Waals surface area contributed by atoms with Crippen molar-refractivity contribution in [3.63, 3.8) is 0 Å². The molecule has 1 amide bonds. The summed E-state index contributed by atoms with van der Waals surface area (Å²) in [6.07, 6.45) is 3.70. The van der Waals surface area contributed by atoms with Gasteiger partial charge in [0.25, 0.3) is 5.91 Å². The average Bonchev–Trinajstić information content (AvgIpc) is 2.73. The molecule has 2 heterocycles. The van der Waals surface area contributed by atoms with Crippen molar-refractivity contribution in [2.24, 2.45) is 5.41 Å². The molecule has 30 heavy (non-hydrogen) atoms. The lowest BCUT2D eigenvalue weighted by Gasteiger charge is -2.38. The van der Waals surface area contributed by atoms with Crippen LogP contribution in [-0.2, 0) is 22.4 Å². The fourth-order valence-electron chi connectivity index (χ4n) is 4.15. The number of esters is 1. The fourth-order valence-corrected chi connectivity index (χ4v) is 4.15. The second kappa shape index (κ2) is 9.28. The molecular formula is C24H29NO5. The lowest BCUT2D eigenvalue weighted by atomic mass is 9.81. The summed E-state index contributed by atoms with van der Waals surface area (Å²) in [6, 6.07) is 11.9. The molecule has 1 fully saturated rings. The number of nitrogens with zero attached hydrogens (tertiary/aromatic N) is 1. The zero-order valence-electron chi connectivity index (χ0n) is 17.9. The highest BCUT2D eigenvalue weighted by Gasteiger charge is 2.41. The van der Waals surface area contributed by atoms with Crippen molar-refractivity contribution in [3.05, 3.63) is 69.3 Å². The van der Waals surface area contributed by atoms with Crippen molar-refractivity contribution in [1.82, 2.24) is 4.90 Å². The third-order valence-corrected chi connectivity index (χ3v) is 5.81. The monoisotopic (exact) mass is 411 g/mol. The van der Waals surface area contributed by atoms with Crippen LogP contribution in [0.1, 0.15) is 53.4 Å². The number of hydrogen-bond acceptors (Lipinski definition) is 5. The number of methoxy groups -OCH3 is 1. The molecule has 1 aromatic heterocycles. The van der Waals surface area contributed by atoms with Crippen LogP contribution in [0.4, 0.5) is 0 Å². The number of carbonyl (C=O) groups excluding carboxylic acids is 2. The first-order valence-corrected chi connectivity index (χ1v) is 10.4. The maximum atomic E-state index is 13.1. The van der Waals surface area contributed by atoms with E-state index < -0.39 is 11.0 Å². The Morgan fingerprint density at radius 3 is 2.60 bits per heavy atom. The maximum Gasteiger partial charge on any atom is 0.349 e. The Bertz CT molecular complexity index is 965. The topological polar surface area (TPSA) is 76.8 Å². The normalized spacial score (nSPS) is 18.8. The van der Waals surface area contributed by atoms with Gasteiger partial charge >= 0.3 is 11.6 Å². The molecule has 3 rings (SSSR count). The Morgan fingerprint density at radius 1 is 1.20 bits per heavy atom. The van der Waals surface area contributed by atoms with Crippen molar-refractivity contribution in [2.45, 2.75) is 46.0 Å². The van der Waals surface area contributed by atoms with Gasteiger partial charge in [0.2, 0.25) is 0 Å². The summed E-state index contributed by atoms with van der Waals surface area (Å²) in [5.41, 5.74) is 0.531. The second-order valence-corrected chi connectivity index (χ2v) is 8.28. The van der Waals surface area contributed by atoms with Crippen molar-refractivity contribution in [1.29, 1.82) is 0 Å². The van der Waals surface area contributed by atoms with Gasteiger partial charge in [-0.2, -0.15) is 0 Å². The van der Waals surface area contributed by atoms with Crippen LogP contribution < -0.4 is 5.63 Å². The molecule has 6 heteroatoms. The summed E-state index contributed by atoms with van der Waals surface area (Å²) in [6.45, 7) is 4.29. The number of benzene rings is 1. The van der Waals surface area contributed by atoms with Gasteiger partial charge in [-0.25, -0.2) is 4.79 Å². The van der Waals surface area contributed by atoms with E-state index in [0.29, 0.717) is 37.1 Å². The van der Waals surface area contributed by atoms with Crippen LogP contribution in [-0.4, -0.2) is 37.0 Å². The molecule has 0 N–H and O–H groups in total. The molecule has 1 aliphatic rings. The van der Waals surface area contributed by atoms with Crippen molar-refractivity contribution in [3.8, 4) is 0 Å². The number of ether oxygens (including phenoxy) is 1. The van der Waals surface area contributed by atoms with Crippen LogP contribution in [0.3, 0.4) is 0 Å². The third-order valence-electron chi connectivity index (χ3n) is 5.81. The van der Waals surface area contributed by atoms with Gasteiger partial charge in [0.1, 0.15) is 11.3 Å². The van der Waals surface area contributed by atoms with Crippen LogP contribution in [0.25, 0.3) is 0 Å². The smallest absolute Gasteiger partial charge is 0.349 e. The first kappa shape index (κ1) is 21.8. The molecule has 2 aromatic rings. The number of likely N-dealkylation sites (tertiary alicyclic amines) is 1. The van der Waals surface area contributed by atoms with E-state index in [1.807, 2.05) is 18.2 Å². The molecule has 1 aliphatic heterocycles. The van der Waals surface area contributed by atoms with E-state index in [-0.39, 0.29) is 24.0 Å². The van der Waals surface area contributed by atoms with E-state index in [2.05, 4.69) is 12.1 Å². The Hall–Kier alpha value is -2.89. The first-order chi connectivity index (χ1) is 14.3. The predicted octanol–water partition coefficient (Wildman–Crippen LogP) is 3.54. The van der Waals surface area contributed by atoms with Crippen LogP contribution >= 0.6 is 0 Å². The van der Waals surface area contributed by atoms with E-state index in [1.165, 1.54) is 12.7 Å². The SMILES string of the molecule is COC(=O)C1(C)CCCN(C(=O)c2c(C)cc(CCCc3ccccc3)oc2=O)C1. The highest BCUT2D eigenvalue weighted by molar-refractivity contribution is 5.95. The van der Waals surface area contributed by atoms with Gasteiger partial charge in [-0.15, -0.1) is 0 Å². The largest absolute Gasteiger partial charge is 0.469 e. The second-order valence-electron chi connectivity index (χ2n) is 8.28. The molecule has 1 unspecified atom stereocenters. The summed E-state index contributed by atoms with van der Waals surface area (Å²) in [5, 5.41) is 0. The molecule has 0 spiro atoms. The van der Waals surface area contributed by atoms with E-state index in [4.69, 9.17) is 9.15 Å². The average molecular weight is 411 g/mol. The molecule has 1 aromatic carbocycles. The van der Waals surface area contributed by atoms with Gasteiger partial charge in [0.15, 0.2) is 0 Å². The lowest BCUT2D eigenvalue weighted by Crippen LogP contribution is -2.49. The minimum absolute atomic E-state index is 0.0518. The number of aryl methyl sites for hydroxylation is 3. The third kappa shape index (κ3) is 4.81. The van der Waals surface area contributed by atoms with Crippen LogP contribution in [0.15, 0.2) is 45.6 Å². The maximum absolute atomic E-state index is 13.1. The lowest BCUT2D eigenvalue weighted by molar-refractivity contribution is -0.154.